The molecule has 0 spiro atoms. The molecule has 1 N–H and O–H groups in total. The van der Waals surface area contributed by atoms with E-state index in [1.165, 1.54) is 7.11 Å². The molecule has 0 saturated carbocycles. The molecule has 0 unspecified atom stereocenters. The van der Waals surface area contributed by atoms with Gasteiger partial charge in [0.15, 0.2) is 0 Å². The molecule has 0 fully saturated rings. The van der Waals surface area contributed by atoms with Crippen molar-refractivity contribution in [3.8, 4) is 5.75 Å². The fourth-order valence-electron chi connectivity index (χ4n) is 1.56. The minimum Gasteiger partial charge on any atom is -0.497 e. The molecule has 1 rings (SSSR count). The Labute approximate surface area is 119 Å². The van der Waals surface area contributed by atoms with Crippen LogP contribution in [0.4, 0.5) is 0 Å². The first-order valence-electron chi connectivity index (χ1n) is 6.14. The fourth-order valence-corrected chi connectivity index (χ4v) is 2.61. The molecule has 0 aliphatic carbocycles. The number of ether oxygens (including phenoxy) is 2. The Morgan fingerprint density at radius 3 is 2.70 bits per heavy atom. The molecule has 6 nitrogen and oxygen atoms in total. The van der Waals surface area contributed by atoms with Crippen LogP contribution >= 0.6 is 0 Å². The Morgan fingerprint density at radius 2 is 2.05 bits per heavy atom. The van der Waals surface area contributed by atoms with Gasteiger partial charge in [0.2, 0.25) is 10.0 Å². The number of esters is 1. The standard InChI is InChI=1S/C13H19NO5S/c1-18-12-6-3-5-11(9-12)10-14-20(16,17)8-4-7-13(15)19-2/h3,5-6,9,14H,4,7-8,10H2,1-2H3. The highest BCUT2D eigenvalue weighted by Gasteiger charge is 2.11. The quantitative estimate of drug-likeness (QED) is 0.726. The molecule has 0 bridgehead atoms. The van der Waals surface area contributed by atoms with Crippen LogP contribution in [-0.2, 0) is 26.1 Å². The maximum Gasteiger partial charge on any atom is 0.305 e. The summed E-state index contributed by atoms with van der Waals surface area (Å²) in [6.07, 6.45) is 0.330. The minimum absolute atomic E-state index is 0.0938. The van der Waals surface area contributed by atoms with Crippen molar-refractivity contribution in [3.63, 3.8) is 0 Å². The lowest BCUT2D eigenvalue weighted by Gasteiger charge is -2.07. The third kappa shape index (κ3) is 6.03. The van der Waals surface area contributed by atoms with Crippen LogP contribution in [0, 0.1) is 0 Å². The maximum atomic E-state index is 11.7. The van der Waals surface area contributed by atoms with Gasteiger partial charge in [-0.05, 0) is 24.1 Å². The van der Waals surface area contributed by atoms with Gasteiger partial charge in [0.1, 0.15) is 5.75 Å². The second-order valence-electron chi connectivity index (χ2n) is 4.17. The van der Waals surface area contributed by atoms with E-state index in [1.807, 2.05) is 0 Å². The highest BCUT2D eigenvalue weighted by atomic mass is 32.2. The number of hydrogen-bond acceptors (Lipinski definition) is 5. The van der Waals surface area contributed by atoms with E-state index in [0.717, 1.165) is 5.56 Å². The van der Waals surface area contributed by atoms with Crippen molar-refractivity contribution >= 4 is 16.0 Å². The largest absolute Gasteiger partial charge is 0.497 e. The number of nitrogens with one attached hydrogen (secondary N) is 1. The lowest BCUT2D eigenvalue weighted by molar-refractivity contribution is -0.140. The second-order valence-corrected chi connectivity index (χ2v) is 6.10. The van der Waals surface area contributed by atoms with Crippen LogP contribution in [0.2, 0.25) is 0 Å². The van der Waals surface area contributed by atoms with Crippen molar-refractivity contribution in [2.75, 3.05) is 20.0 Å². The monoisotopic (exact) mass is 301 g/mol. The van der Waals surface area contributed by atoms with Crippen LogP contribution < -0.4 is 9.46 Å². The van der Waals surface area contributed by atoms with Gasteiger partial charge < -0.3 is 9.47 Å². The van der Waals surface area contributed by atoms with Crippen molar-refractivity contribution in [3.05, 3.63) is 29.8 Å². The van der Waals surface area contributed by atoms with E-state index >= 15 is 0 Å². The summed E-state index contributed by atoms with van der Waals surface area (Å²) < 4.78 is 35.5. The molecule has 0 aliphatic rings. The van der Waals surface area contributed by atoms with E-state index in [4.69, 9.17) is 4.74 Å². The molecule has 1 aromatic rings. The topological polar surface area (TPSA) is 81.7 Å². The van der Waals surface area contributed by atoms with Gasteiger partial charge in [0, 0.05) is 13.0 Å². The van der Waals surface area contributed by atoms with Gasteiger partial charge in [-0.25, -0.2) is 13.1 Å². The zero-order valence-corrected chi connectivity index (χ0v) is 12.4. The summed E-state index contributed by atoms with van der Waals surface area (Å²) >= 11 is 0. The Morgan fingerprint density at radius 1 is 1.30 bits per heavy atom. The van der Waals surface area contributed by atoms with Crippen molar-refractivity contribution in [1.29, 1.82) is 0 Å². The molecule has 0 radical (unpaired) electrons. The number of benzene rings is 1. The molecule has 0 aromatic heterocycles. The number of rotatable bonds is 8. The lowest BCUT2D eigenvalue weighted by Crippen LogP contribution is -2.26. The Balaban J connectivity index is 2.44. The number of carbonyl (C=O) groups is 1. The van der Waals surface area contributed by atoms with E-state index in [0.29, 0.717) is 5.75 Å². The Kier molecular flexibility index (Phi) is 6.47. The predicted octanol–water partition coefficient (Wildman–Crippen LogP) is 1.07. The van der Waals surface area contributed by atoms with Crippen LogP contribution in [0.3, 0.4) is 0 Å². The van der Waals surface area contributed by atoms with E-state index in [1.54, 1.807) is 31.4 Å². The minimum atomic E-state index is -3.40. The second kappa shape index (κ2) is 7.86. The number of methoxy groups -OCH3 is 2. The van der Waals surface area contributed by atoms with Crippen LogP contribution in [0.25, 0.3) is 0 Å². The highest BCUT2D eigenvalue weighted by Crippen LogP contribution is 2.12. The SMILES string of the molecule is COC(=O)CCCS(=O)(=O)NCc1cccc(OC)c1. The van der Waals surface area contributed by atoms with Gasteiger partial charge in [-0.1, -0.05) is 12.1 Å². The molecule has 0 amide bonds. The predicted molar refractivity (Wildman–Crippen MR) is 74.9 cm³/mol. The van der Waals surface area contributed by atoms with Crippen molar-refractivity contribution in [2.24, 2.45) is 0 Å². The summed E-state index contributed by atoms with van der Waals surface area (Å²) in [5, 5.41) is 0. The highest BCUT2D eigenvalue weighted by molar-refractivity contribution is 7.89. The fraction of sp³-hybridized carbons (Fsp3) is 0.462. The number of hydrogen-bond donors (Lipinski definition) is 1. The third-order valence-corrected chi connectivity index (χ3v) is 4.06. The van der Waals surface area contributed by atoms with E-state index in [2.05, 4.69) is 9.46 Å². The van der Waals surface area contributed by atoms with Gasteiger partial charge in [-0.3, -0.25) is 4.79 Å². The first-order valence-corrected chi connectivity index (χ1v) is 7.79. The summed E-state index contributed by atoms with van der Waals surface area (Å²) in [5.41, 5.74) is 0.806. The molecule has 0 saturated heterocycles. The summed E-state index contributed by atoms with van der Waals surface area (Å²) in [4.78, 5) is 10.9. The molecule has 0 heterocycles. The molecule has 1 aromatic carbocycles. The van der Waals surface area contributed by atoms with Gasteiger partial charge >= 0.3 is 5.97 Å². The van der Waals surface area contributed by atoms with Crippen molar-refractivity contribution in [1.82, 2.24) is 4.72 Å². The molecule has 0 aliphatic heterocycles. The van der Waals surface area contributed by atoms with E-state index in [9.17, 15) is 13.2 Å². The zero-order chi connectivity index (χ0) is 15.0. The van der Waals surface area contributed by atoms with Gasteiger partial charge in [-0.2, -0.15) is 0 Å². The summed E-state index contributed by atoms with van der Waals surface area (Å²) in [7, 11) is -0.574. The summed E-state index contributed by atoms with van der Waals surface area (Å²) in [6.45, 7) is 0.192. The molecule has 7 heteroatoms. The average Bonchev–Trinajstić information content (AvgIpc) is 2.45. The molecule has 0 atom stereocenters. The number of sulfonamides is 1. The first kappa shape index (κ1) is 16.5. The van der Waals surface area contributed by atoms with Crippen LogP contribution in [-0.4, -0.2) is 34.4 Å². The molecular weight excluding hydrogens is 282 g/mol. The van der Waals surface area contributed by atoms with Crippen LogP contribution in [0.1, 0.15) is 18.4 Å². The number of carbonyl (C=O) groups excluding carboxylic acids is 1. The van der Waals surface area contributed by atoms with E-state index < -0.39 is 16.0 Å². The first-order chi connectivity index (χ1) is 9.46. The van der Waals surface area contributed by atoms with Gasteiger partial charge in [-0.15, -0.1) is 0 Å². The average molecular weight is 301 g/mol. The molecular formula is C13H19NO5S. The van der Waals surface area contributed by atoms with Gasteiger partial charge in [0.25, 0.3) is 0 Å². The third-order valence-electron chi connectivity index (χ3n) is 2.65. The summed E-state index contributed by atoms with van der Waals surface area (Å²) in [5.74, 6) is 0.159. The van der Waals surface area contributed by atoms with Crippen molar-refractivity contribution in [2.45, 2.75) is 19.4 Å². The van der Waals surface area contributed by atoms with Crippen LogP contribution in [0.15, 0.2) is 24.3 Å². The molecule has 112 valence electrons. The van der Waals surface area contributed by atoms with Crippen LogP contribution in [0.5, 0.6) is 5.75 Å². The zero-order valence-electron chi connectivity index (χ0n) is 11.6. The van der Waals surface area contributed by atoms with E-state index in [-0.39, 0.29) is 25.1 Å². The van der Waals surface area contributed by atoms with Crippen molar-refractivity contribution < 1.29 is 22.7 Å². The Bertz CT molecular complexity index is 541. The van der Waals surface area contributed by atoms with Gasteiger partial charge in [0.05, 0.1) is 20.0 Å². The Hall–Kier alpha value is -1.60. The summed E-state index contributed by atoms with van der Waals surface area (Å²) in [6, 6.07) is 7.14. The maximum absolute atomic E-state index is 11.7. The normalized spacial score (nSPS) is 11.1. The lowest BCUT2D eigenvalue weighted by atomic mass is 10.2. The molecule has 20 heavy (non-hydrogen) atoms. The smallest absolute Gasteiger partial charge is 0.305 e.